The van der Waals surface area contributed by atoms with Crippen LogP contribution in [0.2, 0.25) is 0 Å². The largest absolute Gasteiger partial charge is 0.497 e. The van der Waals surface area contributed by atoms with Gasteiger partial charge in [-0.2, -0.15) is 0 Å². The molecule has 0 saturated carbocycles. The topological polar surface area (TPSA) is 46.2 Å². The molecule has 0 heterocycles. The first-order chi connectivity index (χ1) is 10.6. The van der Waals surface area contributed by atoms with Gasteiger partial charge in [0.15, 0.2) is 23.0 Å². The third kappa shape index (κ3) is 3.03. The predicted octanol–water partition coefficient (Wildman–Crippen LogP) is 3.82. The lowest BCUT2D eigenvalue weighted by Gasteiger charge is -2.16. The Kier molecular flexibility index (Phi) is 4.99. The van der Waals surface area contributed by atoms with Gasteiger partial charge in [0, 0.05) is 11.6 Å². The Morgan fingerprint density at radius 1 is 0.636 bits per heavy atom. The van der Waals surface area contributed by atoms with Crippen LogP contribution >= 0.6 is 0 Å². The second-order valence-electron chi connectivity index (χ2n) is 4.54. The van der Waals surface area contributed by atoms with E-state index < -0.39 is 0 Å². The molecule has 2 rings (SSSR count). The fourth-order valence-electron chi connectivity index (χ4n) is 2.18. The van der Waals surface area contributed by atoms with Crippen molar-refractivity contribution < 1.29 is 23.7 Å². The molecule has 0 unspecified atom stereocenters. The summed E-state index contributed by atoms with van der Waals surface area (Å²) in [5, 5.41) is 0. The molecule has 118 valence electrons. The van der Waals surface area contributed by atoms with E-state index in [1.54, 1.807) is 52.7 Å². The van der Waals surface area contributed by atoms with Gasteiger partial charge in [-0.15, -0.1) is 0 Å². The van der Waals surface area contributed by atoms with Gasteiger partial charge in [0.2, 0.25) is 0 Å². The normalized spacial score (nSPS) is 10.0. The summed E-state index contributed by atoms with van der Waals surface area (Å²) in [5.41, 5.74) is 0.870. The highest BCUT2D eigenvalue weighted by molar-refractivity contribution is 5.56. The molecule has 0 aromatic heterocycles. The third-order valence-corrected chi connectivity index (χ3v) is 3.33. The molecular formula is C17H20O5. The lowest BCUT2D eigenvalue weighted by atomic mass is 10.2. The molecule has 0 fully saturated rings. The Hall–Kier alpha value is -2.56. The van der Waals surface area contributed by atoms with Crippen LogP contribution in [0.4, 0.5) is 0 Å². The SMILES string of the molecule is COc1ccc(Oc2ccc(OC)c(C)c2OC)c(OC)c1. The molecule has 0 aliphatic heterocycles. The van der Waals surface area contributed by atoms with E-state index in [0.717, 1.165) is 11.3 Å². The summed E-state index contributed by atoms with van der Waals surface area (Å²) in [6.07, 6.45) is 0. The maximum absolute atomic E-state index is 5.94. The van der Waals surface area contributed by atoms with Crippen LogP contribution in [-0.2, 0) is 0 Å². The molecule has 0 amide bonds. The lowest BCUT2D eigenvalue weighted by molar-refractivity contribution is 0.346. The van der Waals surface area contributed by atoms with Crippen LogP contribution in [0.3, 0.4) is 0 Å². The summed E-state index contributed by atoms with van der Waals surface area (Å²) in [4.78, 5) is 0. The Morgan fingerprint density at radius 2 is 1.27 bits per heavy atom. The second kappa shape index (κ2) is 6.93. The minimum atomic E-state index is 0.575. The van der Waals surface area contributed by atoms with Gasteiger partial charge in [-0.1, -0.05) is 0 Å². The van der Waals surface area contributed by atoms with Crippen molar-refractivity contribution in [3.05, 3.63) is 35.9 Å². The average Bonchev–Trinajstić information content (AvgIpc) is 2.55. The van der Waals surface area contributed by atoms with E-state index in [0.29, 0.717) is 28.7 Å². The average molecular weight is 304 g/mol. The molecule has 0 atom stereocenters. The summed E-state index contributed by atoms with van der Waals surface area (Å²) < 4.78 is 27.2. The van der Waals surface area contributed by atoms with Crippen molar-refractivity contribution in [1.29, 1.82) is 0 Å². The molecular weight excluding hydrogens is 284 g/mol. The number of hydrogen-bond acceptors (Lipinski definition) is 5. The molecule has 5 heteroatoms. The molecule has 0 saturated heterocycles. The molecule has 2 aromatic carbocycles. The van der Waals surface area contributed by atoms with Crippen molar-refractivity contribution in [1.82, 2.24) is 0 Å². The van der Waals surface area contributed by atoms with Crippen LogP contribution in [0.5, 0.6) is 34.5 Å². The van der Waals surface area contributed by atoms with Crippen molar-refractivity contribution in [3.63, 3.8) is 0 Å². The van der Waals surface area contributed by atoms with Gasteiger partial charge in [-0.05, 0) is 31.2 Å². The van der Waals surface area contributed by atoms with E-state index in [1.165, 1.54) is 0 Å². The highest BCUT2D eigenvalue weighted by Crippen LogP contribution is 2.42. The van der Waals surface area contributed by atoms with Gasteiger partial charge in [0.1, 0.15) is 11.5 Å². The van der Waals surface area contributed by atoms with Crippen molar-refractivity contribution in [2.45, 2.75) is 6.92 Å². The van der Waals surface area contributed by atoms with Crippen LogP contribution in [0.1, 0.15) is 5.56 Å². The molecule has 0 radical (unpaired) electrons. The van der Waals surface area contributed by atoms with E-state index in [-0.39, 0.29) is 0 Å². The van der Waals surface area contributed by atoms with Crippen LogP contribution in [0.15, 0.2) is 30.3 Å². The summed E-state index contributed by atoms with van der Waals surface area (Å²) in [6.45, 7) is 1.91. The minimum absolute atomic E-state index is 0.575. The van der Waals surface area contributed by atoms with E-state index in [9.17, 15) is 0 Å². The standard InChI is InChI=1S/C17H20O5/c1-11-13(19-3)8-9-15(17(11)21-5)22-14-7-6-12(18-2)10-16(14)20-4/h6-10H,1-5H3. The summed E-state index contributed by atoms with van der Waals surface area (Å²) >= 11 is 0. The quantitative estimate of drug-likeness (QED) is 0.812. The molecule has 0 spiro atoms. The Morgan fingerprint density at radius 3 is 1.86 bits per heavy atom. The van der Waals surface area contributed by atoms with Gasteiger partial charge < -0.3 is 23.7 Å². The summed E-state index contributed by atoms with van der Waals surface area (Å²) in [6, 6.07) is 8.99. The van der Waals surface area contributed by atoms with E-state index in [4.69, 9.17) is 23.7 Å². The fraction of sp³-hybridized carbons (Fsp3) is 0.294. The maximum Gasteiger partial charge on any atom is 0.170 e. The molecule has 0 aliphatic rings. The fourth-order valence-corrected chi connectivity index (χ4v) is 2.18. The molecule has 22 heavy (non-hydrogen) atoms. The molecule has 0 N–H and O–H groups in total. The zero-order valence-electron chi connectivity index (χ0n) is 13.4. The molecule has 5 nitrogen and oxygen atoms in total. The highest BCUT2D eigenvalue weighted by Gasteiger charge is 2.15. The maximum atomic E-state index is 5.94. The van der Waals surface area contributed by atoms with E-state index in [1.807, 2.05) is 13.0 Å². The highest BCUT2D eigenvalue weighted by atomic mass is 16.5. The monoisotopic (exact) mass is 304 g/mol. The zero-order chi connectivity index (χ0) is 16.1. The van der Waals surface area contributed by atoms with Gasteiger partial charge in [-0.25, -0.2) is 0 Å². The second-order valence-corrected chi connectivity index (χ2v) is 4.54. The number of hydrogen-bond donors (Lipinski definition) is 0. The molecule has 2 aromatic rings. The number of methoxy groups -OCH3 is 4. The van der Waals surface area contributed by atoms with Crippen molar-refractivity contribution in [2.75, 3.05) is 28.4 Å². The Bertz CT molecular complexity index is 652. The first-order valence-corrected chi connectivity index (χ1v) is 6.76. The van der Waals surface area contributed by atoms with E-state index >= 15 is 0 Å². The third-order valence-electron chi connectivity index (χ3n) is 3.33. The predicted molar refractivity (Wildman–Crippen MR) is 83.9 cm³/mol. The number of benzene rings is 2. The van der Waals surface area contributed by atoms with Gasteiger partial charge in [0.05, 0.1) is 28.4 Å². The van der Waals surface area contributed by atoms with Crippen molar-refractivity contribution in [3.8, 4) is 34.5 Å². The number of rotatable bonds is 6. The van der Waals surface area contributed by atoms with Gasteiger partial charge >= 0.3 is 0 Å². The van der Waals surface area contributed by atoms with Crippen LogP contribution in [0, 0.1) is 6.92 Å². The first-order valence-electron chi connectivity index (χ1n) is 6.76. The van der Waals surface area contributed by atoms with Crippen LogP contribution < -0.4 is 23.7 Å². The van der Waals surface area contributed by atoms with Crippen molar-refractivity contribution in [2.24, 2.45) is 0 Å². The number of ether oxygens (including phenoxy) is 5. The Labute approximate surface area is 130 Å². The van der Waals surface area contributed by atoms with Crippen LogP contribution in [0.25, 0.3) is 0 Å². The van der Waals surface area contributed by atoms with E-state index in [2.05, 4.69) is 0 Å². The van der Waals surface area contributed by atoms with Gasteiger partial charge in [-0.3, -0.25) is 0 Å². The minimum Gasteiger partial charge on any atom is -0.497 e. The molecule has 0 aliphatic carbocycles. The first kappa shape index (κ1) is 15.8. The lowest BCUT2D eigenvalue weighted by Crippen LogP contribution is -1.97. The summed E-state index contributed by atoms with van der Waals surface area (Å²) in [5.74, 6) is 3.80. The molecule has 0 bridgehead atoms. The smallest absolute Gasteiger partial charge is 0.170 e. The Balaban J connectivity index is 2.41. The van der Waals surface area contributed by atoms with Crippen LogP contribution in [-0.4, -0.2) is 28.4 Å². The zero-order valence-corrected chi connectivity index (χ0v) is 13.4. The summed E-state index contributed by atoms with van der Waals surface area (Å²) in [7, 11) is 6.40. The van der Waals surface area contributed by atoms with Gasteiger partial charge in [0.25, 0.3) is 0 Å². The van der Waals surface area contributed by atoms with Crippen molar-refractivity contribution >= 4 is 0 Å².